The minimum absolute atomic E-state index is 0.0257. The first kappa shape index (κ1) is 21.0. The molecule has 0 unspecified atom stereocenters. The Hall–Kier alpha value is -3.70. The average molecular weight is 420 g/mol. The van der Waals surface area contributed by atoms with Crippen LogP contribution in [-0.4, -0.2) is 16.5 Å². The fourth-order valence-electron chi connectivity index (χ4n) is 2.56. The van der Waals surface area contributed by atoms with Gasteiger partial charge in [0.05, 0.1) is 17.2 Å². The first-order chi connectivity index (χ1) is 14.6. The highest BCUT2D eigenvalue weighted by atomic mass is 32.1. The molecule has 0 fully saturated rings. The van der Waals surface area contributed by atoms with Crippen LogP contribution in [0.2, 0.25) is 0 Å². The number of nitrogens with one attached hydrogen (secondary N) is 1. The smallest absolute Gasteiger partial charge is 0.269 e. The summed E-state index contributed by atoms with van der Waals surface area (Å²) in [6, 6.07) is 15.9. The van der Waals surface area contributed by atoms with E-state index in [9.17, 15) is 15.4 Å². The number of nitrogens with zero attached hydrogens (tertiary/aromatic N) is 3. The van der Waals surface area contributed by atoms with Crippen LogP contribution in [-0.2, 0) is 0 Å². The number of ether oxygens (including phenoxy) is 1. The van der Waals surface area contributed by atoms with Gasteiger partial charge in [-0.05, 0) is 42.8 Å². The summed E-state index contributed by atoms with van der Waals surface area (Å²) >= 11 is 1.34. The molecule has 30 heavy (non-hydrogen) atoms. The molecular formula is C22H20N4O3S. The molecule has 0 saturated heterocycles. The number of nitro groups is 1. The quantitative estimate of drug-likeness (QED) is 0.201. The van der Waals surface area contributed by atoms with E-state index in [0.29, 0.717) is 22.9 Å². The molecule has 3 rings (SSSR count). The highest BCUT2D eigenvalue weighted by molar-refractivity contribution is 7.11. The lowest BCUT2D eigenvalue weighted by molar-refractivity contribution is -0.384. The van der Waals surface area contributed by atoms with Gasteiger partial charge in [-0.15, -0.1) is 11.3 Å². The SMILES string of the molecule is CCCCOc1ccc(N/C=C(/C#N)c2nc(-c3ccc([N+](=O)[O-])cc3)cs2)cc1. The topological polar surface area (TPSA) is 101 Å². The van der Waals surface area contributed by atoms with Crippen LogP contribution in [0.4, 0.5) is 11.4 Å². The summed E-state index contributed by atoms with van der Waals surface area (Å²) in [6.07, 6.45) is 3.72. The van der Waals surface area contributed by atoms with Crippen LogP contribution in [0.25, 0.3) is 16.8 Å². The molecule has 1 N–H and O–H groups in total. The van der Waals surface area contributed by atoms with Gasteiger partial charge in [-0.1, -0.05) is 13.3 Å². The van der Waals surface area contributed by atoms with Crippen LogP contribution < -0.4 is 10.1 Å². The fourth-order valence-corrected chi connectivity index (χ4v) is 3.36. The van der Waals surface area contributed by atoms with Crippen LogP contribution in [0.3, 0.4) is 0 Å². The number of nitriles is 1. The Morgan fingerprint density at radius 3 is 2.63 bits per heavy atom. The molecule has 0 saturated carbocycles. The van der Waals surface area contributed by atoms with E-state index in [1.165, 1.54) is 23.5 Å². The van der Waals surface area contributed by atoms with Crippen molar-refractivity contribution in [1.82, 2.24) is 4.98 Å². The van der Waals surface area contributed by atoms with Gasteiger partial charge >= 0.3 is 0 Å². The Morgan fingerprint density at radius 1 is 1.27 bits per heavy atom. The van der Waals surface area contributed by atoms with E-state index in [1.807, 2.05) is 29.6 Å². The van der Waals surface area contributed by atoms with E-state index in [4.69, 9.17) is 4.74 Å². The molecule has 2 aromatic carbocycles. The maximum Gasteiger partial charge on any atom is 0.269 e. The monoisotopic (exact) mass is 420 g/mol. The van der Waals surface area contributed by atoms with Gasteiger partial charge in [-0.25, -0.2) is 4.98 Å². The molecule has 0 bridgehead atoms. The number of aromatic nitrogens is 1. The van der Waals surface area contributed by atoms with Crippen LogP contribution in [0.15, 0.2) is 60.1 Å². The molecule has 3 aromatic rings. The van der Waals surface area contributed by atoms with Gasteiger partial charge in [-0.2, -0.15) is 5.26 Å². The van der Waals surface area contributed by atoms with Crippen molar-refractivity contribution in [3.05, 3.63) is 75.2 Å². The van der Waals surface area contributed by atoms with E-state index in [-0.39, 0.29) is 5.69 Å². The van der Waals surface area contributed by atoms with Crippen molar-refractivity contribution in [2.75, 3.05) is 11.9 Å². The fraction of sp³-hybridized carbons (Fsp3) is 0.182. The highest BCUT2D eigenvalue weighted by Gasteiger charge is 2.11. The maximum absolute atomic E-state index is 10.8. The molecule has 152 valence electrons. The zero-order valence-electron chi connectivity index (χ0n) is 16.4. The van der Waals surface area contributed by atoms with Crippen molar-refractivity contribution in [3.8, 4) is 23.1 Å². The second kappa shape index (κ2) is 10.2. The van der Waals surface area contributed by atoms with Crippen molar-refractivity contribution in [2.24, 2.45) is 0 Å². The van der Waals surface area contributed by atoms with Gasteiger partial charge in [-0.3, -0.25) is 10.1 Å². The molecule has 0 amide bonds. The molecule has 0 aliphatic heterocycles. The third-order valence-corrected chi connectivity index (χ3v) is 5.11. The number of anilines is 1. The molecule has 0 atom stereocenters. The molecule has 0 aliphatic carbocycles. The number of rotatable bonds is 9. The predicted octanol–water partition coefficient (Wildman–Crippen LogP) is 5.87. The van der Waals surface area contributed by atoms with Crippen molar-refractivity contribution < 1.29 is 9.66 Å². The van der Waals surface area contributed by atoms with Gasteiger partial charge in [0.2, 0.25) is 0 Å². The number of hydrogen-bond acceptors (Lipinski definition) is 7. The van der Waals surface area contributed by atoms with Gasteiger partial charge in [0, 0.05) is 35.0 Å². The minimum Gasteiger partial charge on any atom is -0.494 e. The molecular weight excluding hydrogens is 400 g/mol. The summed E-state index contributed by atoms with van der Waals surface area (Å²) in [5.41, 5.74) is 2.68. The highest BCUT2D eigenvalue weighted by Crippen LogP contribution is 2.27. The molecule has 0 spiro atoms. The Morgan fingerprint density at radius 2 is 2.00 bits per heavy atom. The number of non-ortho nitro benzene ring substituents is 1. The molecule has 0 aliphatic rings. The Bertz CT molecular complexity index is 1070. The third-order valence-electron chi connectivity index (χ3n) is 4.23. The summed E-state index contributed by atoms with van der Waals surface area (Å²) in [5.74, 6) is 0.811. The van der Waals surface area contributed by atoms with Gasteiger partial charge < -0.3 is 10.1 Å². The largest absolute Gasteiger partial charge is 0.494 e. The zero-order valence-corrected chi connectivity index (χ0v) is 17.2. The number of allylic oxidation sites excluding steroid dienone is 1. The molecule has 7 nitrogen and oxygen atoms in total. The number of hydrogen-bond donors (Lipinski definition) is 1. The van der Waals surface area contributed by atoms with E-state index in [2.05, 4.69) is 23.3 Å². The maximum atomic E-state index is 10.8. The van der Waals surface area contributed by atoms with Gasteiger partial charge in [0.25, 0.3) is 5.69 Å². The van der Waals surface area contributed by atoms with Crippen LogP contribution in [0.5, 0.6) is 5.75 Å². The normalized spacial score (nSPS) is 11.0. The van der Waals surface area contributed by atoms with Gasteiger partial charge in [0.1, 0.15) is 22.4 Å². The van der Waals surface area contributed by atoms with Crippen LogP contribution >= 0.6 is 11.3 Å². The van der Waals surface area contributed by atoms with E-state index in [0.717, 1.165) is 29.8 Å². The van der Waals surface area contributed by atoms with Crippen LogP contribution in [0.1, 0.15) is 24.8 Å². The van der Waals surface area contributed by atoms with E-state index in [1.54, 1.807) is 18.3 Å². The summed E-state index contributed by atoms with van der Waals surface area (Å²) < 4.78 is 5.64. The molecule has 1 heterocycles. The second-order valence-corrected chi connectivity index (χ2v) is 7.24. The summed E-state index contributed by atoms with van der Waals surface area (Å²) in [6.45, 7) is 2.82. The molecule has 8 heteroatoms. The lowest BCUT2D eigenvalue weighted by Crippen LogP contribution is -1.96. The van der Waals surface area contributed by atoms with Crippen molar-refractivity contribution >= 4 is 28.3 Å². The van der Waals surface area contributed by atoms with Crippen LogP contribution in [0, 0.1) is 21.4 Å². The lowest BCUT2D eigenvalue weighted by atomic mass is 10.1. The molecule has 0 radical (unpaired) electrons. The number of benzene rings is 2. The summed E-state index contributed by atoms with van der Waals surface area (Å²) in [7, 11) is 0. The number of thiazole rings is 1. The Kier molecular flexibility index (Phi) is 7.14. The summed E-state index contributed by atoms with van der Waals surface area (Å²) in [5, 5.41) is 25.8. The first-order valence-corrected chi connectivity index (χ1v) is 10.3. The van der Waals surface area contributed by atoms with Crippen molar-refractivity contribution in [2.45, 2.75) is 19.8 Å². The van der Waals surface area contributed by atoms with Gasteiger partial charge in [0.15, 0.2) is 0 Å². The standard InChI is InChI=1S/C22H20N4O3S/c1-2-3-12-29-20-10-6-18(7-11-20)24-14-17(13-23)22-25-21(15-30-22)16-4-8-19(9-5-16)26(27)28/h4-11,14-15,24H,2-3,12H2,1H3/b17-14-. The van der Waals surface area contributed by atoms with Crippen molar-refractivity contribution in [3.63, 3.8) is 0 Å². The predicted molar refractivity (Wildman–Crippen MR) is 118 cm³/mol. The van der Waals surface area contributed by atoms with E-state index >= 15 is 0 Å². The Labute approximate surface area is 178 Å². The van der Waals surface area contributed by atoms with E-state index < -0.39 is 4.92 Å². The first-order valence-electron chi connectivity index (χ1n) is 9.41. The zero-order chi connectivity index (χ0) is 21.3. The average Bonchev–Trinajstić information content (AvgIpc) is 3.25. The number of unbranched alkanes of at least 4 members (excludes halogenated alkanes) is 1. The summed E-state index contributed by atoms with van der Waals surface area (Å²) in [4.78, 5) is 14.8. The minimum atomic E-state index is -0.442. The lowest BCUT2D eigenvalue weighted by Gasteiger charge is -2.06. The van der Waals surface area contributed by atoms with Crippen molar-refractivity contribution in [1.29, 1.82) is 5.26 Å². The number of nitro benzene ring substituents is 1. The third kappa shape index (κ3) is 5.43. The second-order valence-electron chi connectivity index (χ2n) is 6.38. The molecule has 1 aromatic heterocycles. The Balaban J connectivity index is 1.68.